The number of nitrogens with zero attached hydrogens (tertiary/aromatic N) is 1. The molecule has 0 atom stereocenters. The van der Waals surface area contributed by atoms with Gasteiger partial charge in [-0.3, -0.25) is 4.79 Å². The molecular weight excluding hydrogens is 264 g/mol. The maximum atomic E-state index is 10.5. The molecule has 0 amide bonds. The maximum Gasteiger partial charge on any atom is 0.304 e. The van der Waals surface area contributed by atoms with Crippen LogP contribution in [0.3, 0.4) is 0 Å². The summed E-state index contributed by atoms with van der Waals surface area (Å²) >= 11 is 6.27. The first-order chi connectivity index (χ1) is 9.18. The fourth-order valence-electron chi connectivity index (χ4n) is 2.39. The summed E-state index contributed by atoms with van der Waals surface area (Å²) in [6.07, 6.45) is 2.57. The molecule has 0 spiro atoms. The van der Waals surface area contributed by atoms with E-state index in [4.69, 9.17) is 16.7 Å². The van der Waals surface area contributed by atoms with Gasteiger partial charge in [-0.05, 0) is 25.0 Å². The van der Waals surface area contributed by atoms with Crippen molar-refractivity contribution in [2.75, 3.05) is 24.5 Å². The summed E-state index contributed by atoms with van der Waals surface area (Å²) in [5.74, 6) is -0.786. The molecular formula is C14H19ClN2O2. The van der Waals surface area contributed by atoms with Crippen LogP contribution in [0, 0.1) is 0 Å². The number of carboxylic acid groups (broad SMARTS) is 1. The standard InChI is InChI=1S/C14H19ClN2O2/c15-12-4-3-5-13(17-8-1-2-9-17)11(12)10-16-7-6-14(18)19/h3-5,16H,1-2,6-10H2,(H,18,19). The minimum absolute atomic E-state index is 0.128. The van der Waals surface area contributed by atoms with Crippen molar-refractivity contribution in [2.45, 2.75) is 25.8 Å². The van der Waals surface area contributed by atoms with Crippen LogP contribution in [0.5, 0.6) is 0 Å². The molecule has 2 rings (SSSR count). The number of aliphatic carboxylic acids is 1. The number of hydrogen-bond acceptors (Lipinski definition) is 3. The van der Waals surface area contributed by atoms with Gasteiger partial charge in [0.25, 0.3) is 0 Å². The van der Waals surface area contributed by atoms with Crippen LogP contribution in [-0.4, -0.2) is 30.7 Å². The van der Waals surface area contributed by atoms with Crippen LogP contribution in [-0.2, 0) is 11.3 Å². The van der Waals surface area contributed by atoms with Gasteiger partial charge in [-0.1, -0.05) is 17.7 Å². The van der Waals surface area contributed by atoms with Gasteiger partial charge in [0.05, 0.1) is 6.42 Å². The SMILES string of the molecule is O=C(O)CCNCc1c(Cl)cccc1N1CCCC1. The van der Waals surface area contributed by atoms with E-state index in [2.05, 4.69) is 16.3 Å². The van der Waals surface area contributed by atoms with Gasteiger partial charge in [0.1, 0.15) is 0 Å². The number of benzene rings is 1. The zero-order chi connectivity index (χ0) is 13.7. The van der Waals surface area contributed by atoms with Crippen LogP contribution in [0.4, 0.5) is 5.69 Å². The highest BCUT2D eigenvalue weighted by Crippen LogP contribution is 2.29. The van der Waals surface area contributed by atoms with Crippen molar-refractivity contribution >= 4 is 23.3 Å². The van der Waals surface area contributed by atoms with Crippen molar-refractivity contribution in [1.82, 2.24) is 5.32 Å². The molecule has 19 heavy (non-hydrogen) atoms. The molecule has 104 valence electrons. The molecule has 0 aliphatic carbocycles. The molecule has 0 aromatic heterocycles. The largest absolute Gasteiger partial charge is 0.481 e. The van der Waals surface area contributed by atoms with Crippen LogP contribution >= 0.6 is 11.6 Å². The van der Waals surface area contributed by atoms with E-state index in [1.807, 2.05) is 12.1 Å². The highest BCUT2D eigenvalue weighted by molar-refractivity contribution is 6.31. The Bertz CT molecular complexity index is 445. The van der Waals surface area contributed by atoms with Gasteiger partial charge in [0.2, 0.25) is 0 Å². The van der Waals surface area contributed by atoms with Crippen LogP contribution in [0.25, 0.3) is 0 Å². The van der Waals surface area contributed by atoms with E-state index in [0.29, 0.717) is 13.1 Å². The molecule has 1 aromatic carbocycles. The highest BCUT2D eigenvalue weighted by atomic mass is 35.5. The molecule has 1 aliphatic rings. The summed E-state index contributed by atoms with van der Waals surface area (Å²) in [5.41, 5.74) is 2.24. The first kappa shape index (κ1) is 14.2. The molecule has 1 saturated heterocycles. The average Bonchev–Trinajstić information content (AvgIpc) is 2.89. The minimum atomic E-state index is -0.786. The fourth-order valence-corrected chi connectivity index (χ4v) is 2.62. The molecule has 5 heteroatoms. The number of hydrogen-bond donors (Lipinski definition) is 2. The van der Waals surface area contributed by atoms with E-state index in [1.54, 1.807) is 0 Å². The molecule has 1 fully saturated rings. The summed E-state index contributed by atoms with van der Waals surface area (Å²) in [7, 11) is 0. The van der Waals surface area contributed by atoms with Crippen LogP contribution < -0.4 is 10.2 Å². The van der Waals surface area contributed by atoms with Crippen molar-refractivity contribution in [2.24, 2.45) is 0 Å². The third-order valence-corrected chi connectivity index (χ3v) is 3.71. The second-order valence-electron chi connectivity index (χ2n) is 4.75. The molecule has 0 bridgehead atoms. The zero-order valence-corrected chi connectivity index (χ0v) is 11.6. The van der Waals surface area contributed by atoms with E-state index in [9.17, 15) is 4.79 Å². The van der Waals surface area contributed by atoms with Crippen molar-refractivity contribution in [3.05, 3.63) is 28.8 Å². The van der Waals surface area contributed by atoms with E-state index >= 15 is 0 Å². The monoisotopic (exact) mass is 282 g/mol. The van der Waals surface area contributed by atoms with Gasteiger partial charge in [-0.25, -0.2) is 0 Å². The molecule has 4 nitrogen and oxygen atoms in total. The third kappa shape index (κ3) is 3.85. The van der Waals surface area contributed by atoms with Crippen LogP contribution in [0.15, 0.2) is 18.2 Å². The summed E-state index contributed by atoms with van der Waals surface area (Å²) < 4.78 is 0. The Morgan fingerprint density at radius 2 is 2.11 bits per heavy atom. The number of carbonyl (C=O) groups is 1. The van der Waals surface area contributed by atoms with Crippen molar-refractivity contribution in [3.8, 4) is 0 Å². The smallest absolute Gasteiger partial charge is 0.304 e. The quantitative estimate of drug-likeness (QED) is 0.787. The molecule has 1 heterocycles. The molecule has 0 radical (unpaired) electrons. The topological polar surface area (TPSA) is 52.6 Å². The van der Waals surface area contributed by atoms with Gasteiger partial charge < -0.3 is 15.3 Å². The second-order valence-corrected chi connectivity index (χ2v) is 5.16. The average molecular weight is 283 g/mol. The van der Waals surface area contributed by atoms with E-state index in [0.717, 1.165) is 23.7 Å². The number of anilines is 1. The number of carboxylic acids is 1. The summed E-state index contributed by atoms with van der Waals surface area (Å²) in [6.45, 7) is 3.21. The Kier molecular flexibility index (Phi) is 5.05. The zero-order valence-electron chi connectivity index (χ0n) is 10.9. The normalized spacial score (nSPS) is 14.9. The molecule has 2 N–H and O–H groups in total. The molecule has 1 aliphatic heterocycles. The highest BCUT2D eigenvalue weighted by Gasteiger charge is 2.17. The lowest BCUT2D eigenvalue weighted by atomic mass is 10.1. The lowest BCUT2D eigenvalue weighted by molar-refractivity contribution is -0.136. The number of halogens is 1. The van der Waals surface area contributed by atoms with Gasteiger partial charge in [-0.15, -0.1) is 0 Å². The van der Waals surface area contributed by atoms with Gasteiger partial charge in [0.15, 0.2) is 0 Å². The first-order valence-corrected chi connectivity index (χ1v) is 7.01. The Labute approximate surface area is 118 Å². The van der Waals surface area contributed by atoms with E-state index < -0.39 is 5.97 Å². The van der Waals surface area contributed by atoms with E-state index in [-0.39, 0.29) is 6.42 Å². The first-order valence-electron chi connectivity index (χ1n) is 6.63. The third-order valence-electron chi connectivity index (χ3n) is 3.36. The Morgan fingerprint density at radius 1 is 1.37 bits per heavy atom. The Morgan fingerprint density at radius 3 is 2.79 bits per heavy atom. The fraction of sp³-hybridized carbons (Fsp3) is 0.500. The predicted octanol–water partition coefficient (Wildman–Crippen LogP) is 2.50. The summed E-state index contributed by atoms with van der Waals surface area (Å²) in [6, 6.07) is 5.94. The molecule has 1 aromatic rings. The van der Waals surface area contributed by atoms with E-state index in [1.165, 1.54) is 18.5 Å². The van der Waals surface area contributed by atoms with Crippen molar-refractivity contribution in [3.63, 3.8) is 0 Å². The second kappa shape index (κ2) is 6.78. The molecule has 0 unspecified atom stereocenters. The lowest BCUT2D eigenvalue weighted by Gasteiger charge is -2.22. The Hall–Kier alpha value is -1.26. The lowest BCUT2D eigenvalue weighted by Crippen LogP contribution is -2.23. The number of nitrogens with one attached hydrogen (secondary N) is 1. The summed E-state index contributed by atoms with van der Waals surface area (Å²) in [5, 5.41) is 12.5. The van der Waals surface area contributed by atoms with Gasteiger partial charge in [0, 0.05) is 42.5 Å². The van der Waals surface area contributed by atoms with Gasteiger partial charge >= 0.3 is 5.97 Å². The minimum Gasteiger partial charge on any atom is -0.481 e. The van der Waals surface area contributed by atoms with Crippen molar-refractivity contribution < 1.29 is 9.90 Å². The van der Waals surface area contributed by atoms with Crippen molar-refractivity contribution in [1.29, 1.82) is 0 Å². The summed E-state index contributed by atoms with van der Waals surface area (Å²) in [4.78, 5) is 12.8. The van der Waals surface area contributed by atoms with Crippen LogP contribution in [0.2, 0.25) is 5.02 Å². The van der Waals surface area contributed by atoms with Crippen LogP contribution in [0.1, 0.15) is 24.8 Å². The van der Waals surface area contributed by atoms with Gasteiger partial charge in [-0.2, -0.15) is 0 Å². The number of rotatable bonds is 6. The molecule has 0 saturated carbocycles. The predicted molar refractivity (Wildman–Crippen MR) is 76.9 cm³/mol. The maximum absolute atomic E-state index is 10.5. The Balaban J connectivity index is 2.02.